The summed E-state index contributed by atoms with van der Waals surface area (Å²) in [6.07, 6.45) is 4.11. The van der Waals surface area contributed by atoms with Crippen molar-refractivity contribution in [1.82, 2.24) is 5.32 Å². The van der Waals surface area contributed by atoms with E-state index < -0.39 is 18.5 Å². The minimum atomic E-state index is -0.810. The van der Waals surface area contributed by atoms with E-state index in [9.17, 15) is 19.5 Å². The summed E-state index contributed by atoms with van der Waals surface area (Å²) in [4.78, 5) is 37.4. The molecule has 7 heteroatoms. The predicted molar refractivity (Wildman–Crippen MR) is 121 cm³/mol. The molecule has 32 heavy (non-hydrogen) atoms. The summed E-state index contributed by atoms with van der Waals surface area (Å²) in [6, 6.07) is 17.1. The van der Waals surface area contributed by atoms with Gasteiger partial charge in [0.25, 0.3) is 11.8 Å². The Labute approximate surface area is 185 Å². The van der Waals surface area contributed by atoms with E-state index in [-0.39, 0.29) is 23.3 Å². The third-order valence-electron chi connectivity index (χ3n) is 5.55. The second kappa shape index (κ2) is 9.51. The molecule has 0 atom stereocenters. The number of nitrogens with one attached hydrogen (secondary N) is 2. The Morgan fingerprint density at radius 2 is 1.56 bits per heavy atom. The van der Waals surface area contributed by atoms with E-state index in [2.05, 4.69) is 10.6 Å². The molecule has 0 unspecified atom stereocenters. The second-order valence-electron chi connectivity index (χ2n) is 7.84. The Balaban J connectivity index is 1.39. The number of ether oxygens (including phenoxy) is 1. The summed E-state index contributed by atoms with van der Waals surface area (Å²) in [5.41, 5.74) is 0.677. The number of benzene rings is 3. The zero-order valence-electron chi connectivity index (χ0n) is 17.5. The Kier molecular flexibility index (Phi) is 6.35. The molecule has 3 aromatic rings. The topological polar surface area (TPSA) is 105 Å². The number of phenols is 1. The Bertz CT molecular complexity index is 1170. The molecule has 7 nitrogen and oxygen atoms in total. The lowest BCUT2D eigenvalue weighted by atomic mass is 10.1. The number of esters is 1. The van der Waals surface area contributed by atoms with Crippen LogP contribution >= 0.6 is 0 Å². The van der Waals surface area contributed by atoms with Crippen molar-refractivity contribution in [3.8, 4) is 5.75 Å². The van der Waals surface area contributed by atoms with E-state index in [1.807, 2.05) is 24.3 Å². The van der Waals surface area contributed by atoms with Crippen molar-refractivity contribution < 1.29 is 24.2 Å². The van der Waals surface area contributed by atoms with Crippen molar-refractivity contribution in [3.05, 3.63) is 71.8 Å². The number of carbonyl (C=O) groups is 3. The number of hydrogen-bond acceptors (Lipinski definition) is 5. The Morgan fingerprint density at radius 1 is 0.906 bits per heavy atom. The van der Waals surface area contributed by atoms with Crippen LogP contribution in [0.2, 0.25) is 0 Å². The van der Waals surface area contributed by atoms with Crippen LogP contribution in [0.25, 0.3) is 10.8 Å². The van der Waals surface area contributed by atoms with E-state index in [1.165, 1.54) is 12.1 Å². The van der Waals surface area contributed by atoms with Gasteiger partial charge in [0.05, 0.1) is 11.3 Å². The molecular formula is C25H24N2O5. The van der Waals surface area contributed by atoms with Gasteiger partial charge in [-0.2, -0.15) is 0 Å². The van der Waals surface area contributed by atoms with Gasteiger partial charge in [0, 0.05) is 6.04 Å². The van der Waals surface area contributed by atoms with Crippen LogP contribution in [0.3, 0.4) is 0 Å². The SMILES string of the molecule is O=C(COC(=O)c1cc2ccccc2cc1O)Nc1ccccc1C(=O)NC1CCCC1. The predicted octanol–water partition coefficient (Wildman–Crippen LogP) is 4.01. The lowest BCUT2D eigenvalue weighted by molar-refractivity contribution is -0.119. The van der Waals surface area contributed by atoms with E-state index in [0.717, 1.165) is 36.5 Å². The van der Waals surface area contributed by atoms with Gasteiger partial charge in [0.1, 0.15) is 11.3 Å². The molecule has 0 saturated heterocycles. The molecule has 0 heterocycles. The van der Waals surface area contributed by atoms with Gasteiger partial charge in [-0.25, -0.2) is 4.79 Å². The molecule has 0 aliphatic heterocycles. The molecule has 4 rings (SSSR count). The number of phenolic OH excluding ortho intramolecular Hbond substituents is 1. The molecule has 1 aliphatic rings. The van der Waals surface area contributed by atoms with Crippen LogP contribution < -0.4 is 10.6 Å². The Hall–Kier alpha value is -3.87. The van der Waals surface area contributed by atoms with Gasteiger partial charge in [-0.15, -0.1) is 0 Å². The van der Waals surface area contributed by atoms with Crippen LogP contribution in [0.5, 0.6) is 5.75 Å². The molecule has 0 bridgehead atoms. The number of aromatic hydroxyl groups is 1. The quantitative estimate of drug-likeness (QED) is 0.511. The van der Waals surface area contributed by atoms with E-state index >= 15 is 0 Å². The first-order chi connectivity index (χ1) is 15.5. The fourth-order valence-electron chi connectivity index (χ4n) is 3.91. The highest BCUT2D eigenvalue weighted by Gasteiger charge is 2.21. The monoisotopic (exact) mass is 432 g/mol. The van der Waals surface area contributed by atoms with E-state index in [0.29, 0.717) is 11.3 Å². The van der Waals surface area contributed by atoms with Crippen molar-refractivity contribution in [1.29, 1.82) is 0 Å². The molecule has 1 aliphatic carbocycles. The minimum Gasteiger partial charge on any atom is -0.507 e. The van der Waals surface area contributed by atoms with Crippen molar-refractivity contribution in [2.45, 2.75) is 31.7 Å². The fourth-order valence-corrected chi connectivity index (χ4v) is 3.91. The summed E-state index contributed by atoms with van der Waals surface area (Å²) in [6.45, 7) is -0.552. The fraction of sp³-hybridized carbons (Fsp3) is 0.240. The molecule has 3 N–H and O–H groups in total. The van der Waals surface area contributed by atoms with Crippen LogP contribution in [-0.4, -0.2) is 35.5 Å². The zero-order chi connectivity index (χ0) is 22.5. The van der Waals surface area contributed by atoms with Gasteiger partial charge < -0.3 is 20.5 Å². The van der Waals surface area contributed by atoms with Crippen LogP contribution in [0.4, 0.5) is 5.69 Å². The molecular weight excluding hydrogens is 408 g/mol. The molecule has 1 saturated carbocycles. The summed E-state index contributed by atoms with van der Waals surface area (Å²) < 4.78 is 5.09. The third kappa shape index (κ3) is 4.88. The maximum absolute atomic E-state index is 12.6. The minimum absolute atomic E-state index is 0.0205. The number of fused-ring (bicyclic) bond motifs is 1. The number of anilines is 1. The number of rotatable bonds is 6. The van der Waals surface area contributed by atoms with Gasteiger partial charge >= 0.3 is 5.97 Å². The van der Waals surface area contributed by atoms with Crippen molar-refractivity contribution in [2.24, 2.45) is 0 Å². The van der Waals surface area contributed by atoms with Crippen molar-refractivity contribution in [2.75, 3.05) is 11.9 Å². The van der Waals surface area contributed by atoms with Crippen molar-refractivity contribution >= 4 is 34.2 Å². The highest BCUT2D eigenvalue weighted by Crippen LogP contribution is 2.25. The average Bonchev–Trinajstić information content (AvgIpc) is 3.30. The summed E-state index contributed by atoms with van der Waals surface area (Å²) in [5, 5.41) is 17.3. The molecule has 0 aromatic heterocycles. The number of para-hydroxylation sites is 1. The van der Waals surface area contributed by atoms with E-state index in [1.54, 1.807) is 24.3 Å². The normalized spacial score (nSPS) is 13.6. The highest BCUT2D eigenvalue weighted by atomic mass is 16.5. The van der Waals surface area contributed by atoms with Crippen LogP contribution in [0, 0.1) is 0 Å². The molecule has 1 fully saturated rings. The van der Waals surface area contributed by atoms with Gasteiger partial charge in [0.15, 0.2) is 6.61 Å². The smallest absolute Gasteiger partial charge is 0.342 e. The van der Waals surface area contributed by atoms with Gasteiger partial charge in [-0.1, -0.05) is 49.2 Å². The van der Waals surface area contributed by atoms with Crippen LogP contribution in [0.15, 0.2) is 60.7 Å². The van der Waals surface area contributed by atoms with Crippen LogP contribution in [0.1, 0.15) is 46.4 Å². The number of hydrogen-bond donors (Lipinski definition) is 3. The largest absolute Gasteiger partial charge is 0.507 e. The third-order valence-corrected chi connectivity index (χ3v) is 5.55. The first kappa shape index (κ1) is 21.4. The molecule has 0 spiro atoms. The van der Waals surface area contributed by atoms with Gasteiger partial charge in [-0.05, 0) is 47.9 Å². The summed E-state index contributed by atoms with van der Waals surface area (Å²) in [5.74, 6) is -1.86. The highest BCUT2D eigenvalue weighted by molar-refractivity contribution is 6.05. The molecule has 164 valence electrons. The first-order valence-electron chi connectivity index (χ1n) is 10.6. The maximum atomic E-state index is 12.6. The summed E-state index contributed by atoms with van der Waals surface area (Å²) >= 11 is 0. The van der Waals surface area contributed by atoms with Gasteiger partial charge in [-0.3, -0.25) is 9.59 Å². The lowest BCUT2D eigenvalue weighted by Gasteiger charge is -2.15. The second-order valence-corrected chi connectivity index (χ2v) is 7.84. The first-order valence-corrected chi connectivity index (χ1v) is 10.6. The summed E-state index contributed by atoms with van der Waals surface area (Å²) in [7, 11) is 0. The molecule has 0 radical (unpaired) electrons. The van der Waals surface area contributed by atoms with E-state index in [4.69, 9.17) is 4.74 Å². The molecule has 2 amide bonds. The maximum Gasteiger partial charge on any atom is 0.342 e. The van der Waals surface area contributed by atoms with Crippen molar-refractivity contribution in [3.63, 3.8) is 0 Å². The average molecular weight is 432 g/mol. The lowest BCUT2D eigenvalue weighted by Crippen LogP contribution is -2.33. The zero-order valence-corrected chi connectivity index (χ0v) is 17.5. The standard InChI is InChI=1S/C25H24N2O5/c28-22-14-17-8-2-1-7-16(17)13-20(22)25(31)32-15-23(29)27-21-12-6-5-11-19(21)24(30)26-18-9-3-4-10-18/h1-2,5-8,11-14,18,28H,3-4,9-10,15H2,(H,26,30)(H,27,29). The number of carbonyl (C=O) groups excluding carboxylic acids is 3. The number of amides is 2. The molecule has 3 aromatic carbocycles. The Morgan fingerprint density at radius 3 is 2.31 bits per heavy atom. The van der Waals surface area contributed by atoms with Crippen LogP contribution in [-0.2, 0) is 9.53 Å². The van der Waals surface area contributed by atoms with Gasteiger partial charge in [0.2, 0.25) is 0 Å².